The van der Waals surface area contributed by atoms with Crippen LogP contribution in [-0.2, 0) is 19.4 Å². The van der Waals surface area contributed by atoms with E-state index in [1.165, 1.54) is 11.1 Å². The second kappa shape index (κ2) is 10.1. The quantitative estimate of drug-likeness (QED) is 0.298. The van der Waals surface area contributed by atoms with Crippen molar-refractivity contribution in [3.63, 3.8) is 0 Å². The van der Waals surface area contributed by atoms with Crippen LogP contribution in [0.25, 0.3) is 11.5 Å². The van der Waals surface area contributed by atoms with E-state index in [2.05, 4.69) is 47.3 Å². The number of benzene rings is 2. The molecular formula is C21H25IN4O. The van der Waals surface area contributed by atoms with Crippen molar-refractivity contribution in [1.29, 1.82) is 0 Å². The third-order valence-electron chi connectivity index (χ3n) is 4.24. The van der Waals surface area contributed by atoms with Crippen LogP contribution in [-0.4, -0.2) is 10.9 Å². The molecule has 5 nitrogen and oxygen atoms in total. The number of anilines is 1. The number of hydrogen-bond acceptors (Lipinski definition) is 3. The van der Waals surface area contributed by atoms with Crippen LogP contribution in [0.3, 0.4) is 0 Å². The fourth-order valence-corrected chi connectivity index (χ4v) is 2.83. The zero-order valence-corrected chi connectivity index (χ0v) is 17.9. The van der Waals surface area contributed by atoms with E-state index in [-0.39, 0.29) is 24.0 Å². The molecule has 3 aromatic rings. The van der Waals surface area contributed by atoms with Gasteiger partial charge in [-0.15, -0.1) is 24.0 Å². The van der Waals surface area contributed by atoms with Crippen molar-refractivity contribution in [3.8, 4) is 11.5 Å². The second-order valence-corrected chi connectivity index (χ2v) is 5.99. The molecule has 0 amide bonds. The summed E-state index contributed by atoms with van der Waals surface area (Å²) in [5.74, 6) is 0.969. The van der Waals surface area contributed by atoms with Crippen LogP contribution in [0.4, 0.5) is 5.69 Å². The molecule has 0 saturated heterocycles. The molecule has 2 aromatic carbocycles. The Hall–Kier alpha value is -2.35. The summed E-state index contributed by atoms with van der Waals surface area (Å²) in [6, 6.07) is 16.1. The number of aliphatic imine (C=N–C) groups is 1. The second-order valence-electron chi connectivity index (χ2n) is 5.99. The fraction of sp³-hybridized carbons (Fsp3) is 0.238. The third-order valence-corrected chi connectivity index (χ3v) is 4.24. The summed E-state index contributed by atoms with van der Waals surface area (Å²) in [6.45, 7) is 4.63. The van der Waals surface area contributed by atoms with Crippen LogP contribution in [0.15, 0.2) is 64.2 Å². The highest BCUT2D eigenvalue weighted by molar-refractivity contribution is 14.0. The molecule has 0 aliphatic carbocycles. The van der Waals surface area contributed by atoms with Crippen LogP contribution < -0.4 is 11.1 Å². The Morgan fingerprint density at radius 3 is 2.33 bits per heavy atom. The highest BCUT2D eigenvalue weighted by Crippen LogP contribution is 2.22. The van der Waals surface area contributed by atoms with Crippen LogP contribution in [0.1, 0.15) is 30.7 Å². The van der Waals surface area contributed by atoms with Crippen molar-refractivity contribution < 1.29 is 4.42 Å². The lowest BCUT2D eigenvalue weighted by atomic mass is 10.0. The van der Waals surface area contributed by atoms with Crippen molar-refractivity contribution in [1.82, 2.24) is 4.98 Å². The Kier molecular flexibility index (Phi) is 7.84. The molecule has 1 heterocycles. The molecule has 0 atom stereocenters. The van der Waals surface area contributed by atoms with Crippen LogP contribution in [0, 0.1) is 0 Å². The minimum absolute atomic E-state index is 0. The fourth-order valence-electron chi connectivity index (χ4n) is 2.83. The largest absolute Gasteiger partial charge is 0.444 e. The predicted octanol–water partition coefficient (Wildman–Crippen LogP) is 5.01. The molecule has 0 radical (unpaired) electrons. The molecule has 3 rings (SSSR count). The monoisotopic (exact) mass is 476 g/mol. The molecule has 0 aliphatic rings. The van der Waals surface area contributed by atoms with Gasteiger partial charge in [0.1, 0.15) is 12.0 Å². The molecule has 0 saturated carbocycles. The van der Waals surface area contributed by atoms with Crippen molar-refractivity contribution in [2.45, 2.75) is 33.2 Å². The van der Waals surface area contributed by atoms with E-state index in [4.69, 9.17) is 10.2 Å². The van der Waals surface area contributed by atoms with Gasteiger partial charge in [0.15, 0.2) is 5.96 Å². The summed E-state index contributed by atoms with van der Waals surface area (Å²) < 4.78 is 5.53. The Balaban J connectivity index is 0.00000261. The lowest BCUT2D eigenvalue weighted by Gasteiger charge is -2.14. The van der Waals surface area contributed by atoms with Gasteiger partial charge >= 0.3 is 0 Å². The first kappa shape index (κ1) is 21.0. The number of nitrogens with two attached hydrogens (primary N) is 1. The standard InChI is InChI=1S/C21H24N4O.HI/c1-3-15-11-8-12-16(4-2)19(15)25-21(22)23-13-18-14-26-20(24-18)17-9-6-5-7-10-17;/h5-12,14H,3-4,13H2,1-2H3,(H3,22,23,25);1H. The number of hydrogen-bond donors (Lipinski definition) is 2. The molecule has 0 fully saturated rings. The number of para-hydroxylation sites is 1. The van der Waals surface area contributed by atoms with Gasteiger partial charge in [0.2, 0.25) is 5.89 Å². The lowest BCUT2D eigenvalue weighted by Crippen LogP contribution is -2.24. The van der Waals surface area contributed by atoms with Gasteiger partial charge in [0.25, 0.3) is 0 Å². The molecule has 142 valence electrons. The number of guanidine groups is 1. The van der Waals surface area contributed by atoms with Crippen LogP contribution in [0.5, 0.6) is 0 Å². The maximum absolute atomic E-state index is 6.10. The van der Waals surface area contributed by atoms with Crippen molar-refractivity contribution >= 4 is 35.6 Å². The predicted molar refractivity (Wildman–Crippen MR) is 122 cm³/mol. The number of oxazole rings is 1. The molecule has 0 aliphatic heterocycles. The highest BCUT2D eigenvalue weighted by atomic mass is 127. The number of nitrogens with one attached hydrogen (secondary N) is 1. The molecule has 0 unspecified atom stereocenters. The van der Waals surface area contributed by atoms with Gasteiger partial charge in [-0.2, -0.15) is 0 Å². The number of rotatable bonds is 6. The summed E-state index contributed by atoms with van der Waals surface area (Å²) in [5.41, 5.74) is 11.3. The van der Waals surface area contributed by atoms with Gasteiger partial charge in [-0.05, 0) is 36.1 Å². The minimum atomic E-state index is 0. The van der Waals surface area contributed by atoms with Crippen LogP contribution >= 0.6 is 24.0 Å². The maximum Gasteiger partial charge on any atom is 0.226 e. The summed E-state index contributed by atoms with van der Waals surface area (Å²) in [7, 11) is 0. The van der Waals surface area contributed by atoms with Gasteiger partial charge in [-0.1, -0.05) is 50.2 Å². The topological polar surface area (TPSA) is 76.4 Å². The molecule has 27 heavy (non-hydrogen) atoms. The summed E-state index contributed by atoms with van der Waals surface area (Å²) in [4.78, 5) is 8.88. The van der Waals surface area contributed by atoms with E-state index in [0.29, 0.717) is 18.4 Å². The number of aromatic nitrogens is 1. The van der Waals surface area contributed by atoms with Gasteiger partial charge in [-0.25, -0.2) is 9.98 Å². The van der Waals surface area contributed by atoms with E-state index >= 15 is 0 Å². The Labute approximate surface area is 177 Å². The molecule has 0 bridgehead atoms. The van der Waals surface area contributed by atoms with E-state index < -0.39 is 0 Å². The number of aryl methyl sites for hydroxylation is 2. The average molecular weight is 476 g/mol. The van der Waals surface area contributed by atoms with E-state index in [1.807, 2.05) is 30.3 Å². The van der Waals surface area contributed by atoms with Gasteiger partial charge in [0.05, 0.1) is 6.54 Å². The first-order chi connectivity index (χ1) is 12.7. The summed E-state index contributed by atoms with van der Waals surface area (Å²) in [5, 5.41) is 3.26. The molecule has 1 aromatic heterocycles. The van der Waals surface area contributed by atoms with E-state index in [9.17, 15) is 0 Å². The van der Waals surface area contributed by atoms with Crippen molar-refractivity contribution in [3.05, 3.63) is 71.6 Å². The van der Waals surface area contributed by atoms with Crippen LogP contribution in [0.2, 0.25) is 0 Å². The highest BCUT2D eigenvalue weighted by Gasteiger charge is 2.08. The third kappa shape index (κ3) is 5.32. The minimum Gasteiger partial charge on any atom is -0.444 e. The Bertz CT molecular complexity index is 868. The van der Waals surface area contributed by atoms with Gasteiger partial charge in [-0.3, -0.25) is 0 Å². The van der Waals surface area contributed by atoms with E-state index in [0.717, 1.165) is 29.8 Å². The van der Waals surface area contributed by atoms with Crippen molar-refractivity contribution in [2.75, 3.05) is 5.32 Å². The summed E-state index contributed by atoms with van der Waals surface area (Å²) in [6.07, 6.45) is 3.50. The lowest BCUT2D eigenvalue weighted by molar-refractivity contribution is 0.572. The van der Waals surface area contributed by atoms with E-state index in [1.54, 1.807) is 6.26 Å². The number of halogens is 1. The zero-order chi connectivity index (χ0) is 18.4. The maximum atomic E-state index is 6.10. The van der Waals surface area contributed by atoms with Gasteiger partial charge < -0.3 is 15.5 Å². The Morgan fingerprint density at radius 2 is 1.70 bits per heavy atom. The Morgan fingerprint density at radius 1 is 1.04 bits per heavy atom. The smallest absolute Gasteiger partial charge is 0.226 e. The molecule has 3 N–H and O–H groups in total. The number of nitrogens with zero attached hydrogens (tertiary/aromatic N) is 2. The first-order valence-electron chi connectivity index (χ1n) is 8.88. The zero-order valence-electron chi connectivity index (χ0n) is 15.6. The molecular weight excluding hydrogens is 451 g/mol. The molecule has 0 spiro atoms. The average Bonchev–Trinajstić information content (AvgIpc) is 3.16. The van der Waals surface area contributed by atoms with Crippen molar-refractivity contribution in [2.24, 2.45) is 10.7 Å². The SMILES string of the molecule is CCc1cccc(CC)c1NC(N)=NCc1coc(-c2ccccc2)n1.I. The van der Waals surface area contributed by atoms with Gasteiger partial charge in [0, 0.05) is 11.3 Å². The normalized spacial score (nSPS) is 11.1. The summed E-state index contributed by atoms with van der Waals surface area (Å²) >= 11 is 0. The molecule has 6 heteroatoms. The first-order valence-corrected chi connectivity index (χ1v) is 8.88.